The van der Waals surface area contributed by atoms with E-state index in [4.69, 9.17) is 14.2 Å². The van der Waals surface area contributed by atoms with Gasteiger partial charge in [0.15, 0.2) is 6.29 Å². The molecule has 0 spiro atoms. The number of aliphatic carboxylic acids is 1. The summed E-state index contributed by atoms with van der Waals surface area (Å²) in [5, 5.41) is 57.8. The van der Waals surface area contributed by atoms with Crippen LogP contribution >= 0.6 is 0 Å². The van der Waals surface area contributed by atoms with Gasteiger partial charge in [-0.15, -0.1) is 0 Å². The van der Waals surface area contributed by atoms with Crippen molar-refractivity contribution in [3.05, 3.63) is 23.5 Å². The molecule has 146 valence electrons. The van der Waals surface area contributed by atoms with Crippen LogP contribution in [-0.2, 0) is 19.0 Å². The standard InChI is InChI=1S/C16H22O10/c17-3-6-1-2-7-8(14(22)23)5-24-15(10(6)7)26-16-13(21)12(20)11(19)9(4-18)25-16/h1,5,7,9-13,15-21H,2-4H2,(H,22,23)/t7-,9-,10-,11-,12+,13-,15+,16+/m0/s1. The molecule has 1 saturated heterocycles. The molecule has 2 heterocycles. The Morgan fingerprint density at radius 2 is 1.88 bits per heavy atom. The van der Waals surface area contributed by atoms with Gasteiger partial charge in [0.2, 0.25) is 6.29 Å². The third kappa shape index (κ3) is 3.25. The normalized spacial score (nSPS) is 42.5. The van der Waals surface area contributed by atoms with Crippen molar-refractivity contribution in [1.82, 2.24) is 0 Å². The summed E-state index contributed by atoms with van der Waals surface area (Å²) in [6, 6.07) is 0. The van der Waals surface area contributed by atoms with E-state index in [1.165, 1.54) is 0 Å². The first-order valence-electron chi connectivity index (χ1n) is 8.23. The molecule has 6 N–H and O–H groups in total. The zero-order valence-corrected chi connectivity index (χ0v) is 13.7. The Kier molecular flexibility index (Phi) is 5.63. The molecule has 0 unspecified atom stereocenters. The van der Waals surface area contributed by atoms with Crippen molar-refractivity contribution in [3.63, 3.8) is 0 Å². The number of hydrogen-bond acceptors (Lipinski definition) is 9. The van der Waals surface area contributed by atoms with Gasteiger partial charge in [-0.2, -0.15) is 0 Å². The zero-order valence-electron chi connectivity index (χ0n) is 13.7. The van der Waals surface area contributed by atoms with Gasteiger partial charge in [-0.1, -0.05) is 6.08 Å². The number of aliphatic hydroxyl groups is 5. The summed E-state index contributed by atoms with van der Waals surface area (Å²) in [6.07, 6.45) is -5.21. The predicted octanol–water partition coefficient (Wildman–Crippen LogP) is -2.32. The number of rotatable bonds is 5. The van der Waals surface area contributed by atoms with Gasteiger partial charge >= 0.3 is 5.97 Å². The largest absolute Gasteiger partial charge is 0.478 e. The lowest BCUT2D eigenvalue weighted by Crippen LogP contribution is -2.60. The topological polar surface area (TPSA) is 166 Å². The van der Waals surface area contributed by atoms with Gasteiger partial charge in [-0.05, 0) is 12.0 Å². The van der Waals surface area contributed by atoms with Gasteiger partial charge in [0.05, 0.1) is 31.0 Å². The Labute approximate surface area is 148 Å². The van der Waals surface area contributed by atoms with Crippen molar-refractivity contribution in [1.29, 1.82) is 0 Å². The lowest BCUT2D eigenvalue weighted by atomic mass is 9.83. The summed E-state index contributed by atoms with van der Waals surface area (Å²) < 4.78 is 16.3. The van der Waals surface area contributed by atoms with Crippen molar-refractivity contribution in [2.75, 3.05) is 13.2 Å². The van der Waals surface area contributed by atoms with E-state index in [1.54, 1.807) is 6.08 Å². The highest BCUT2D eigenvalue weighted by Gasteiger charge is 2.49. The fraction of sp³-hybridized carbons (Fsp3) is 0.688. The number of carbonyl (C=O) groups is 1. The maximum absolute atomic E-state index is 11.4. The van der Waals surface area contributed by atoms with Crippen LogP contribution in [-0.4, -0.2) is 86.8 Å². The summed E-state index contributed by atoms with van der Waals surface area (Å²) in [7, 11) is 0. The molecule has 10 heteroatoms. The summed E-state index contributed by atoms with van der Waals surface area (Å²) in [4.78, 5) is 11.4. The Hall–Kier alpha value is -1.53. The predicted molar refractivity (Wildman–Crippen MR) is 82.2 cm³/mol. The molecule has 26 heavy (non-hydrogen) atoms. The van der Waals surface area contributed by atoms with Crippen LogP contribution in [0.4, 0.5) is 0 Å². The Morgan fingerprint density at radius 3 is 2.50 bits per heavy atom. The average Bonchev–Trinajstić information content (AvgIpc) is 3.06. The molecule has 0 bridgehead atoms. The molecule has 1 aliphatic carbocycles. The van der Waals surface area contributed by atoms with Crippen LogP contribution in [0.1, 0.15) is 6.42 Å². The van der Waals surface area contributed by atoms with Gasteiger partial charge in [0.1, 0.15) is 24.4 Å². The minimum Gasteiger partial charge on any atom is -0.478 e. The van der Waals surface area contributed by atoms with E-state index in [9.17, 15) is 35.4 Å². The first kappa shape index (κ1) is 19.2. The Morgan fingerprint density at radius 1 is 1.15 bits per heavy atom. The maximum Gasteiger partial charge on any atom is 0.335 e. The van der Waals surface area contributed by atoms with Crippen LogP contribution in [0, 0.1) is 11.8 Å². The molecule has 10 nitrogen and oxygen atoms in total. The second kappa shape index (κ2) is 7.61. The van der Waals surface area contributed by atoms with Gasteiger partial charge in [-0.25, -0.2) is 4.79 Å². The summed E-state index contributed by atoms with van der Waals surface area (Å²) >= 11 is 0. The second-order valence-corrected chi connectivity index (χ2v) is 6.52. The summed E-state index contributed by atoms with van der Waals surface area (Å²) in [5.74, 6) is -2.22. The summed E-state index contributed by atoms with van der Waals surface area (Å²) in [5.41, 5.74) is 0.583. The van der Waals surface area contributed by atoms with Gasteiger partial charge < -0.3 is 44.8 Å². The second-order valence-electron chi connectivity index (χ2n) is 6.52. The van der Waals surface area contributed by atoms with E-state index in [0.717, 1.165) is 6.26 Å². The quantitative estimate of drug-likeness (QED) is 0.288. The molecule has 0 radical (unpaired) electrons. The molecule has 0 saturated carbocycles. The van der Waals surface area contributed by atoms with E-state index >= 15 is 0 Å². The fourth-order valence-corrected chi connectivity index (χ4v) is 3.62. The number of allylic oxidation sites excluding steroid dienone is 1. The number of aliphatic hydroxyl groups excluding tert-OH is 5. The Balaban J connectivity index is 1.80. The van der Waals surface area contributed by atoms with E-state index < -0.39 is 61.4 Å². The molecule has 1 fully saturated rings. The first-order valence-corrected chi connectivity index (χ1v) is 8.23. The minimum atomic E-state index is -1.61. The van der Waals surface area contributed by atoms with E-state index in [-0.39, 0.29) is 12.2 Å². The molecule has 0 amide bonds. The maximum atomic E-state index is 11.4. The lowest BCUT2D eigenvalue weighted by Gasteiger charge is -2.42. The number of fused-ring (bicyclic) bond motifs is 1. The van der Waals surface area contributed by atoms with Crippen molar-refractivity contribution < 1.29 is 49.6 Å². The Bertz CT molecular complexity index is 600. The third-order valence-electron chi connectivity index (χ3n) is 5.06. The van der Waals surface area contributed by atoms with Gasteiger partial charge in [0, 0.05) is 5.92 Å². The van der Waals surface area contributed by atoms with Crippen LogP contribution < -0.4 is 0 Å². The average molecular weight is 374 g/mol. The number of carboxylic acids is 1. The monoisotopic (exact) mass is 374 g/mol. The molecule has 8 atom stereocenters. The molecule has 0 aromatic rings. The first-order chi connectivity index (χ1) is 12.4. The molecular weight excluding hydrogens is 352 g/mol. The highest BCUT2D eigenvalue weighted by Crippen LogP contribution is 2.44. The van der Waals surface area contributed by atoms with Crippen LogP contribution in [0.3, 0.4) is 0 Å². The zero-order chi connectivity index (χ0) is 19.0. The smallest absolute Gasteiger partial charge is 0.335 e. The number of carboxylic acid groups (broad SMARTS) is 1. The SMILES string of the molecule is O=C(O)C1=CO[C@H](O[C@H]2O[C@@H](CO)[C@H](O)[C@@H](O)[C@@H]2O)[C@H]2C(CO)=CC[C@@H]12. The number of hydrogen-bond donors (Lipinski definition) is 6. The van der Waals surface area contributed by atoms with Crippen molar-refractivity contribution in [2.45, 2.75) is 43.4 Å². The molecule has 0 aromatic carbocycles. The van der Waals surface area contributed by atoms with Crippen molar-refractivity contribution >= 4 is 5.97 Å². The molecule has 3 aliphatic rings. The summed E-state index contributed by atoms with van der Waals surface area (Å²) in [6.45, 7) is -0.917. The highest BCUT2D eigenvalue weighted by molar-refractivity contribution is 5.87. The minimum absolute atomic E-state index is 0.0448. The lowest BCUT2D eigenvalue weighted by molar-refractivity contribution is -0.339. The van der Waals surface area contributed by atoms with E-state index in [2.05, 4.69) is 0 Å². The van der Waals surface area contributed by atoms with Crippen LogP contribution in [0.2, 0.25) is 0 Å². The van der Waals surface area contributed by atoms with Gasteiger partial charge in [0.25, 0.3) is 0 Å². The molecule has 3 rings (SSSR count). The third-order valence-corrected chi connectivity index (χ3v) is 5.06. The van der Waals surface area contributed by atoms with Crippen LogP contribution in [0.15, 0.2) is 23.5 Å². The fourth-order valence-electron chi connectivity index (χ4n) is 3.62. The molecule has 2 aliphatic heterocycles. The van der Waals surface area contributed by atoms with Crippen LogP contribution in [0.25, 0.3) is 0 Å². The van der Waals surface area contributed by atoms with Crippen LogP contribution in [0.5, 0.6) is 0 Å². The molecular formula is C16H22O10. The van der Waals surface area contributed by atoms with Gasteiger partial charge in [-0.3, -0.25) is 0 Å². The van der Waals surface area contributed by atoms with Crippen molar-refractivity contribution in [2.24, 2.45) is 11.8 Å². The van der Waals surface area contributed by atoms with E-state index in [1.807, 2.05) is 0 Å². The van der Waals surface area contributed by atoms with Crippen molar-refractivity contribution in [3.8, 4) is 0 Å². The number of ether oxygens (including phenoxy) is 3. The highest BCUT2D eigenvalue weighted by atomic mass is 16.8. The van der Waals surface area contributed by atoms with E-state index in [0.29, 0.717) is 12.0 Å². The molecule has 0 aromatic heterocycles.